The molecule has 0 saturated carbocycles. The molecule has 0 spiro atoms. The number of hydrogen-bond acceptors (Lipinski definition) is 12. The minimum absolute atomic E-state index is 0.186. The van der Waals surface area contributed by atoms with Crippen molar-refractivity contribution in [1.82, 2.24) is 21.5 Å². The van der Waals surface area contributed by atoms with Gasteiger partial charge in [0.05, 0.1) is 42.9 Å². The van der Waals surface area contributed by atoms with E-state index in [0.717, 1.165) is 36.4 Å². The van der Waals surface area contributed by atoms with Crippen LogP contribution in [-0.2, 0) is 11.1 Å². The van der Waals surface area contributed by atoms with Gasteiger partial charge in [0, 0.05) is 12.1 Å². The van der Waals surface area contributed by atoms with E-state index in [1.54, 1.807) is 52.0 Å². The molecule has 0 saturated heterocycles. The molecular weight excluding hydrogens is 612 g/mol. The van der Waals surface area contributed by atoms with Gasteiger partial charge in [0.25, 0.3) is 11.4 Å². The second-order valence-electron chi connectivity index (χ2n) is 10.7. The first-order valence-electron chi connectivity index (χ1n) is 13.1. The Morgan fingerprint density at radius 3 is 1.26 bits per heavy atom. The Labute approximate surface area is 259 Å². The summed E-state index contributed by atoms with van der Waals surface area (Å²) in [6.45, 7) is 6.70. The normalized spacial score (nSPS) is 11.0. The predicted molar refractivity (Wildman–Crippen MR) is 163 cm³/mol. The number of hydrazine groups is 2. The fourth-order valence-corrected chi connectivity index (χ4v) is 4.10. The van der Waals surface area contributed by atoms with Crippen LogP contribution in [0.2, 0.25) is 0 Å². The van der Waals surface area contributed by atoms with Crippen LogP contribution in [0.4, 0.5) is 43.7 Å². The van der Waals surface area contributed by atoms with E-state index in [-0.39, 0.29) is 11.4 Å². The maximum atomic E-state index is 12.7. The summed E-state index contributed by atoms with van der Waals surface area (Å²) in [5, 5.41) is 50.0. The Balaban J connectivity index is 1.67. The number of carbonyl (C=O) groups excluding carboxylic acids is 2. The average Bonchev–Trinajstić information content (AvgIpc) is 2.98. The van der Waals surface area contributed by atoms with Gasteiger partial charge >= 0.3 is 23.4 Å². The number of nitrogens with zero attached hydrogens (tertiary/aromatic N) is 4. The Kier molecular flexibility index (Phi) is 9.85. The van der Waals surface area contributed by atoms with E-state index in [2.05, 4.69) is 32.3 Å². The highest BCUT2D eigenvalue weighted by Gasteiger charge is 2.28. The Bertz CT molecular complexity index is 1610. The van der Waals surface area contributed by atoms with E-state index in [4.69, 9.17) is 0 Å². The van der Waals surface area contributed by atoms with Crippen LogP contribution in [0.3, 0.4) is 0 Å². The van der Waals surface area contributed by atoms with Gasteiger partial charge in [-0.25, -0.2) is 9.59 Å². The zero-order chi connectivity index (χ0) is 34.4. The second kappa shape index (κ2) is 13.4. The molecule has 20 nitrogen and oxygen atoms in total. The summed E-state index contributed by atoms with van der Waals surface area (Å²) in [4.78, 5) is 66.7. The molecule has 0 radical (unpaired) electrons. The number of hydrogen-bond donors (Lipinski definition) is 6. The van der Waals surface area contributed by atoms with Gasteiger partial charge in [-0.15, -0.1) is 0 Å². The molecule has 0 aliphatic heterocycles. The van der Waals surface area contributed by atoms with Gasteiger partial charge in [-0.1, -0.05) is 24.3 Å². The minimum atomic E-state index is -1.03. The molecule has 4 amide bonds. The molecule has 0 heterocycles. The summed E-state index contributed by atoms with van der Waals surface area (Å²) in [6.07, 6.45) is 0. The van der Waals surface area contributed by atoms with E-state index >= 15 is 0 Å². The molecule has 0 atom stereocenters. The third-order valence-corrected chi connectivity index (χ3v) is 6.56. The van der Waals surface area contributed by atoms with Gasteiger partial charge in [0.15, 0.2) is 0 Å². The highest BCUT2D eigenvalue weighted by molar-refractivity contribution is 5.79. The van der Waals surface area contributed by atoms with Crippen molar-refractivity contribution in [2.45, 2.75) is 38.8 Å². The van der Waals surface area contributed by atoms with Crippen molar-refractivity contribution in [3.8, 4) is 0 Å². The molecule has 0 aliphatic carbocycles. The van der Waals surface area contributed by atoms with Crippen LogP contribution in [0.25, 0.3) is 0 Å². The number of anilines is 2. The molecule has 242 valence electrons. The highest BCUT2D eigenvalue weighted by atomic mass is 16.6. The van der Waals surface area contributed by atoms with Crippen molar-refractivity contribution in [2.24, 2.45) is 0 Å². The van der Waals surface area contributed by atoms with Gasteiger partial charge in [0.1, 0.15) is 11.4 Å². The largest absolute Gasteiger partial charge is 0.334 e. The minimum Gasteiger partial charge on any atom is -0.328 e. The summed E-state index contributed by atoms with van der Waals surface area (Å²) in [5.41, 5.74) is 5.80. The maximum absolute atomic E-state index is 12.7. The molecule has 46 heavy (non-hydrogen) atoms. The van der Waals surface area contributed by atoms with Gasteiger partial charge in [-0.2, -0.15) is 0 Å². The molecule has 0 aliphatic rings. The van der Waals surface area contributed by atoms with Crippen molar-refractivity contribution in [1.29, 1.82) is 0 Å². The maximum Gasteiger partial charge on any atom is 0.334 e. The quantitative estimate of drug-likeness (QED) is 0.118. The lowest BCUT2D eigenvalue weighted by molar-refractivity contribution is -0.393. The van der Waals surface area contributed by atoms with Gasteiger partial charge in [-0.05, 0) is 51.0 Å². The van der Waals surface area contributed by atoms with Crippen LogP contribution < -0.4 is 32.3 Å². The molecule has 3 aromatic carbocycles. The first-order chi connectivity index (χ1) is 21.4. The summed E-state index contributed by atoms with van der Waals surface area (Å²) in [6, 6.07) is 11.0. The zero-order valence-corrected chi connectivity index (χ0v) is 24.6. The smallest absolute Gasteiger partial charge is 0.328 e. The summed E-state index contributed by atoms with van der Waals surface area (Å²) in [7, 11) is 0. The fourth-order valence-electron chi connectivity index (χ4n) is 4.10. The van der Waals surface area contributed by atoms with Crippen molar-refractivity contribution < 1.29 is 29.3 Å². The Morgan fingerprint density at radius 1 is 0.565 bits per heavy atom. The van der Waals surface area contributed by atoms with Crippen LogP contribution in [-0.4, -0.2) is 31.8 Å². The Morgan fingerprint density at radius 2 is 0.935 bits per heavy atom. The van der Waals surface area contributed by atoms with Crippen molar-refractivity contribution >= 4 is 46.2 Å². The number of carbonyl (C=O) groups is 2. The first-order valence-corrected chi connectivity index (χ1v) is 13.1. The van der Waals surface area contributed by atoms with Crippen molar-refractivity contribution in [2.75, 3.05) is 10.9 Å². The van der Waals surface area contributed by atoms with Crippen LogP contribution in [0.1, 0.15) is 38.8 Å². The number of nitrogens with one attached hydrogen (secondary N) is 6. The lowest BCUT2D eigenvalue weighted by Crippen LogP contribution is -2.49. The first kappa shape index (κ1) is 33.9. The summed E-state index contributed by atoms with van der Waals surface area (Å²) >= 11 is 0. The predicted octanol–water partition coefficient (Wildman–Crippen LogP) is 4.44. The molecule has 0 unspecified atom stereocenters. The number of benzene rings is 3. The third-order valence-electron chi connectivity index (χ3n) is 6.56. The van der Waals surface area contributed by atoms with E-state index in [9.17, 15) is 50.0 Å². The summed E-state index contributed by atoms with van der Waals surface area (Å²) in [5.74, 6) is 0. The number of urea groups is 2. The lowest BCUT2D eigenvalue weighted by atomic mass is 9.87. The molecule has 3 aromatic rings. The van der Waals surface area contributed by atoms with Crippen LogP contribution in [0, 0.1) is 40.5 Å². The highest BCUT2D eigenvalue weighted by Crippen LogP contribution is 2.30. The van der Waals surface area contributed by atoms with Gasteiger partial charge in [0.2, 0.25) is 0 Å². The van der Waals surface area contributed by atoms with Gasteiger partial charge < -0.3 is 10.6 Å². The van der Waals surface area contributed by atoms with E-state index < -0.39 is 65.6 Å². The van der Waals surface area contributed by atoms with Crippen molar-refractivity contribution in [3.05, 3.63) is 112 Å². The number of non-ortho nitro benzene ring substituents is 2. The van der Waals surface area contributed by atoms with Crippen LogP contribution in [0.5, 0.6) is 0 Å². The molecule has 6 N–H and O–H groups in total. The van der Waals surface area contributed by atoms with Gasteiger partial charge in [-0.3, -0.25) is 62.2 Å². The van der Waals surface area contributed by atoms with E-state index in [1.807, 2.05) is 0 Å². The number of nitro groups is 4. The van der Waals surface area contributed by atoms with Crippen LogP contribution >= 0.6 is 0 Å². The lowest BCUT2D eigenvalue weighted by Gasteiger charge is -2.31. The van der Waals surface area contributed by atoms with E-state index in [0.29, 0.717) is 11.1 Å². The molecular formula is C26H28N10O10. The zero-order valence-electron chi connectivity index (χ0n) is 24.6. The molecule has 3 rings (SSSR count). The number of nitro benzene ring substituents is 4. The van der Waals surface area contributed by atoms with Crippen LogP contribution in [0.15, 0.2) is 60.7 Å². The average molecular weight is 641 g/mol. The third kappa shape index (κ3) is 8.27. The second-order valence-corrected chi connectivity index (χ2v) is 10.7. The number of rotatable bonds is 12. The summed E-state index contributed by atoms with van der Waals surface area (Å²) < 4.78 is 0. The Hall–Kier alpha value is -6.60. The number of amides is 4. The molecule has 0 aromatic heterocycles. The van der Waals surface area contributed by atoms with Crippen molar-refractivity contribution in [3.63, 3.8) is 0 Å². The molecule has 20 heteroatoms. The molecule has 0 fully saturated rings. The SMILES string of the molecule is CC(C)(NC(=O)NNc1ccc([N+](=O)[O-])cc1[N+](=O)[O-])c1cccc(C(C)(C)NC(=O)NNc2ccc([N+](=O)[O-])cc2[N+](=O)[O-])c1. The standard InChI is InChI=1S/C26H28N10O10/c1-25(2,27-23(37)31-29-19-10-8-17(33(39)40)13-21(19)35(43)44)15-6-5-7-16(12-15)26(3,4)28-24(38)32-30-20-11-9-18(34(41)42)14-22(20)36(45)46/h5-14,29-30H,1-4H3,(H2,27,31,37)(H2,28,32,38). The molecule has 0 bridgehead atoms. The topological polar surface area (TPSA) is 279 Å². The fraction of sp³-hybridized carbons (Fsp3) is 0.231. The monoisotopic (exact) mass is 640 g/mol. The van der Waals surface area contributed by atoms with E-state index in [1.165, 1.54) is 0 Å².